The lowest BCUT2D eigenvalue weighted by molar-refractivity contribution is -0.131. The van der Waals surface area contributed by atoms with Crippen molar-refractivity contribution in [2.75, 3.05) is 7.11 Å². The maximum Gasteiger partial charge on any atom is 0.166 e. The summed E-state index contributed by atoms with van der Waals surface area (Å²) in [5.41, 5.74) is 0.0175. The van der Waals surface area contributed by atoms with E-state index < -0.39 is 17.3 Å². The molecule has 0 aliphatic heterocycles. The molecule has 0 amide bonds. The number of hydrogen-bond donors (Lipinski definition) is 1. The van der Waals surface area contributed by atoms with Gasteiger partial charge in [-0.1, -0.05) is 26.8 Å². The third-order valence-electron chi connectivity index (χ3n) is 2.72. The van der Waals surface area contributed by atoms with Crippen LogP contribution in [0.25, 0.3) is 0 Å². The molecular weight excluding hydrogens is 235 g/mol. The number of halogens is 1. The van der Waals surface area contributed by atoms with E-state index >= 15 is 0 Å². The van der Waals surface area contributed by atoms with E-state index in [1.807, 2.05) is 0 Å². The summed E-state index contributed by atoms with van der Waals surface area (Å²) in [5, 5.41) is 9.82. The van der Waals surface area contributed by atoms with Crippen LogP contribution in [-0.4, -0.2) is 24.1 Å². The lowest BCUT2D eigenvalue weighted by atomic mass is 9.85. The van der Waals surface area contributed by atoms with Crippen molar-refractivity contribution in [3.8, 4) is 5.75 Å². The summed E-state index contributed by atoms with van der Waals surface area (Å²) >= 11 is 0. The highest BCUT2D eigenvalue weighted by Crippen LogP contribution is 2.22. The molecule has 1 aromatic carbocycles. The second-order valence-corrected chi connectivity index (χ2v) is 5.38. The Morgan fingerprint density at radius 3 is 2.50 bits per heavy atom. The van der Waals surface area contributed by atoms with Crippen molar-refractivity contribution in [2.24, 2.45) is 5.41 Å². The summed E-state index contributed by atoms with van der Waals surface area (Å²) in [7, 11) is 1.38. The van der Waals surface area contributed by atoms with Gasteiger partial charge >= 0.3 is 0 Å². The molecule has 0 aliphatic carbocycles. The van der Waals surface area contributed by atoms with Gasteiger partial charge in [0.05, 0.1) is 7.11 Å². The van der Waals surface area contributed by atoms with E-state index in [2.05, 4.69) is 0 Å². The second kappa shape index (κ2) is 5.48. The Bertz CT molecular complexity index is 435. The van der Waals surface area contributed by atoms with Crippen LogP contribution in [0.2, 0.25) is 0 Å². The van der Waals surface area contributed by atoms with Gasteiger partial charge in [-0.2, -0.15) is 0 Å². The number of aliphatic hydroxyl groups is 1. The maximum atomic E-state index is 13.4. The molecule has 0 fully saturated rings. The minimum absolute atomic E-state index is 0.0132. The minimum atomic E-state index is -1.05. The van der Waals surface area contributed by atoms with E-state index in [1.165, 1.54) is 19.2 Å². The highest BCUT2D eigenvalue weighted by molar-refractivity contribution is 5.85. The van der Waals surface area contributed by atoms with Crippen molar-refractivity contribution in [3.63, 3.8) is 0 Å². The van der Waals surface area contributed by atoms with Gasteiger partial charge in [0.25, 0.3) is 0 Å². The van der Waals surface area contributed by atoms with E-state index in [4.69, 9.17) is 4.74 Å². The molecule has 0 saturated heterocycles. The third-order valence-corrected chi connectivity index (χ3v) is 2.72. The van der Waals surface area contributed by atoms with Crippen LogP contribution in [0.4, 0.5) is 4.39 Å². The first-order chi connectivity index (χ1) is 8.25. The molecule has 18 heavy (non-hydrogen) atoms. The van der Waals surface area contributed by atoms with E-state index in [9.17, 15) is 14.3 Å². The fourth-order valence-electron chi connectivity index (χ4n) is 1.60. The molecule has 1 unspecified atom stereocenters. The first-order valence-corrected chi connectivity index (χ1v) is 5.79. The zero-order valence-corrected chi connectivity index (χ0v) is 11.2. The van der Waals surface area contributed by atoms with Gasteiger partial charge in [-0.15, -0.1) is 0 Å². The second-order valence-electron chi connectivity index (χ2n) is 5.38. The molecule has 100 valence electrons. The van der Waals surface area contributed by atoms with Crippen molar-refractivity contribution in [1.82, 2.24) is 0 Å². The highest BCUT2D eigenvalue weighted by atomic mass is 19.1. The molecule has 0 saturated carbocycles. The topological polar surface area (TPSA) is 46.5 Å². The van der Waals surface area contributed by atoms with Crippen molar-refractivity contribution >= 4 is 5.78 Å². The van der Waals surface area contributed by atoms with Gasteiger partial charge in [0, 0.05) is 6.42 Å². The van der Waals surface area contributed by atoms with E-state index in [1.54, 1.807) is 26.8 Å². The van der Waals surface area contributed by atoms with Gasteiger partial charge in [0.15, 0.2) is 17.3 Å². The summed E-state index contributed by atoms with van der Waals surface area (Å²) in [6.45, 7) is 5.35. The van der Waals surface area contributed by atoms with Crippen molar-refractivity contribution in [3.05, 3.63) is 29.6 Å². The molecule has 0 bridgehead atoms. The number of methoxy groups -OCH3 is 1. The number of aliphatic hydroxyl groups excluding tert-OH is 1. The molecule has 1 aromatic rings. The molecule has 0 radical (unpaired) electrons. The van der Waals surface area contributed by atoms with Crippen molar-refractivity contribution in [1.29, 1.82) is 0 Å². The quantitative estimate of drug-likeness (QED) is 0.897. The van der Waals surface area contributed by atoms with Crippen LogP contribution < -0.4 is 4.74 Å². The van der Waals surface area contributed by atoms with Crippen LogP contribution in [0.15, 0.2) is 18.2 Å². The Hall–Kier alpha value is -1.42. The Labute approximate surface area is 107 Å². The summed E-state index contributed by atoms with van der Waals surface area (Å²) in [6.07, 6.45) is -1.04. The molecule has 0 aromatic heterocycles. The Kier molecular flexibility index (Phi) is 4.46. The Morgan fingerprint density at radius 2 is 2.06 bits per heavy atom. The minimum Gasteiger partial charge on any atom is -0.494 e. The van der Waals surface area contributed by atoms with E-state index in [0.29, 0.717) is 5.56 Å². The van der Waals surface area contributed by atoms with Crippen molar-refractivity contribution in [2.45, 2.75) is 33.3 Å². The molecule has 1 rings (SSSR count). The van der Waals surface area contributed by atoms with Crippen LogP contribution in [0, 0.1) is 11.2 Å². The fourth-order valence-corrected chi connectivity index (χ4v) is 1.60. The predicted molar refractivity (Wildman–Crippen MR) is 67.1 cm³/mol. The fraction of sp³-hybridized carbons (Fsp3) is 0.500. The monoisotopic (exact) mass is 254 g/mol. The number of carbonyl (C=O) groups excluding carboxylic acids is 1. The molecule has 4 heteroatoms. The number of rotatable bonds is 4. The SMILES string of the molecule is COc1ccc(CC(=O)C(O)C(C)(C)C)cc1F. The van der Waals surface area contributed by atoms with Gasteiger partial charge < -0.3 is 9.84 Å². The lowest BCUT2D eigenvalue weighted by Gasteiger charge is -2.24. The normalized spacial score (nSPS) is 13.2. The smallest absolute Gasteiger partial charge is 0.166 e. The van der Waals surface area contributed by atoms with Crippen LogP contribution in [0.5, 0.6) is 5.75 Å². The van der Waals surface area contributed by atoms with Crippen LogP contribution in [0.3, 0.4) is 0 Å². The first kappa shape index (κ1) is 14.6. The van der Waals surface area contributed by atoms with Crippen molar-refractivity contribution < 1.29 is 19.0 Å². The number of hydrogen-bond acceptors (Lipinski definition) is 3. The van der Waals surface area contributed by atoms with Crippen LogP contribution in [-0.2, 0) is 11.2 Å². The van der Waals surface area contributed by atoms with Gasteiger partial charge in [-0.25, -0.2) is 4.39 Å². The standard InChI is InChI=1S/C14H19FO3/c1-14(2,3)13(17)11(16)8-9-5-6-12(18-4)10(15)7-9/h5-7,13,17H,8H2,1-4H3. The number of carbonyl (C=O) groups is 1. The zero-order chi connectivity index (χ0) is 13.9. The average Bonchev–Trinajstić information content (AvgIpc) is 2.27. The molecule has 3 nitrogen and oxygen atoms in total. The van der Waals surface area contributed by atoms with Crippen LogP contribution in [0.1, 0.15) is 26.3 Å². The van der Waals surface area contributed by atoms with Gasteiger partial charge in [0.2, 0.25) is 0 Å². The largest absolute Gasteiger partial charge is 0.494 e. The molecule has 1 atom stereocenters. The van der Waals surface area contributed by atoms with E-state index in [0.717, 1.165) is 0 Å². The Morgan fingerprint density at radius 1 is 1.44 bits per heavy atom. The molecule has 0 aliphatic rings. The predicted octanol–water partition coefficient (Wildman–Crippen LogP) is 2.35. The number of Topliss-reactive ketones (excluding diaryl/α,β-unsaturated/α-hetero) is 1. The van der Waals surface area contributed by atoms with Gasteiger partial charge in [-0.3, -0.25) is 4.79 Å². The maximum absolute atomic E-state index is 13.4. The van der Waals surface area contributed by atoms with Crippen LogP contribution >= 0.6 is 0 Å². The molecule has 0 heterocycles. The Balaban J connectivity index is 2.80. The summed E-state index contributed by atoms with van der Waals surface area (Å²) in [4.78, 5) is 11.8. The number of benzene rings is 1. The average molecular weight is 254 g/mol. The summed E-state index contributed by atoms with van der Waals surface area (Å²) in [6, 6.07) is 4.35. The first-order valence-electron chi connectivity index (χ1n) is 5.79. The number of ketones is 1. The van der Waals surface area contributed by atoms with E-state index in [-0.39, 0.29) is 18.0 Å². The van der Waals surface area contributed by atoms with Gasteiger partial charge in [-0.05, 0) is 23.1 Å². The summed E-state index contributed by atoms with van der Waals surface area (Å²) in [5.74, 6) is -0.678. The molecule has 0 spiro atoms. The van der Waals surface area contributed by atoms with Gasteiger partial charge in [0.1, 0.15) is 6.10 Å². The third kappa shape index (κ3) is 3.53. The lowest BCUT2D eigenvalue weighted by Crippen LogP contribution is -2.35. The molecular formula is C14H19FO3. The zero-order valence-electron chi connectivity index (χ0n) is 11.2. The molecule has 1 N–H and O–H groups in total. The summed E-state index contributed by atoms with van der Waals surface area (Å²) < 4.78 is 18.2. The number of ether oxygens (including phenoxy) is 1. The highest BCUT2D eigenvalue weighted by Gasteiger charge is 2.28.